The highest BCUT2D eigenvalue weighted by Gasteiger charge is 2.15. The van der Waals surface area contributed by atoms with E-state index in [9.17, 15) is 14.9 Å². The van der Waals surface area contributed by atoms with E-state index in [0.29, 0.717) is 11.3 Å². The number of rotatable bonds is 6. The Kier molecular flexibility index (Phi) is 4.97. The van der Waals surface area contributed by atoms with Crippen molar-refractivity contribution < 1.29 is 14.5 Å². The lowest BCUT2D eigenvalue weighted by atomic mass is 10.2. The van der Waals surface area contributed by atoms with Gasteiger partial charge in [-0.25, -0.2) is 4.98 Å². The molecule has 6 nitrogen and oxygen atoms in total. The maximum Gasteiger partial charge on any atom is 0.312 e. The van der Waals surface area contributed by atoms with Crippen LogP contribution in [0.15, 0.2) is 46.5 Å². The fourth-order valence-corrected chi connectivity index (χ4v) is 3.61. The van der Waals surface area contributed by atoms with Gasteiger partial charge in [-0.05, 0) is 17.5 Å². The lowest BCUT2D eigenvalue weighted by molar-refractivity contribution is -0.385. The van der Waals surface area contributed by atoms with E-state index in [1.165, 1.54) is 17.4 Å². The molecule has 3 aromatic rings. The van der Waals surface area contributed by atoms with Crippen LogP contribution in [-0.2, 0) is 22.6 Å². The fourth-order valence-electron chi connectivity index (χ4n) is 2.08. The fraction of sp³-hybridized carbons (Fsp3) is 0.125. The van der Waals surface area contributed by atoms with Gasteiger partial charge in [0.15, 0.2) is 0 Å². The van der Waals surface area contributed by atoms with Crippen molar-refractivity contribution in [3.8, 4) is 10.6 Å². The van der Waals surface area contributed by atoms with E-state index in [-0.39, 0.29) is 18.7 Å². The minimum Gasteiger partial charge on any atom is -0.460 e. The zero-order valence-electron chi connectivity index (χ0n) is 12.4. The van der Waals surface area contributed by atoms with Gasteiger partial charge >= 0.3 is 5.97 Å². The van der Waals surface area contributed by atoms with E-state index in [4.69, 9.17) is 4.74 Å². The molecule has 0 saturated carbocycles. The first-order valence-corrected chi connectivity index (χ1v) is 8.80. The molecule has 2 heterocycles. The van der Waals surface area contributed by atoms with Crippen molar-refractivity contribution in [1.82, 2.24) is 4.98 Å². The molecule has 0 aliphatic carbocycles. The van der Waals surface area contributed by atoms with E-state index >= 15 is 0 Å². The van der Waals surface area contributed by atoms with Gasteiger partial charge in [-0.1, -0.05) is 12.1 Å². The average Bonchev–Trinajstić information content (AvgIpc) is 3.24. The lowest BCUT2D eigenvalue weighted by Gasteiger charge is -2.04. The van der Waals surface area contributed by atoms with Gasteiger partial charge < -0.3 is 4.74 Å². The van der Waals surface area contributed by atoms with Crippen molar-refractivity contribution in [2.45, 2.75) is 13.0 Å². The number of hydrogen-bond donors (Lipinski definition) is 0. The Morgan fingerprint density at radius 2 is 2.08 bits per heavy atom. The molecule has 0 radical (unpaired) electrons. The van der Waals surface area contributed by atoms with Crippen molar-refractivity contribution >= 4 is 34.3 Å². The topological polar surface area (TPSA) is 82.3 Å². The van der Waals surface area contributed by atoms with Gasteiger partial charge in [0.1, 0.15) is 11.6 Å². The van der Waals surface area contributed by atoms with Gasteiger partial charge in [-0.2, -0.15) is 11.3 Å². The number of nitro groups is 1. The van der Waals surface area contributed by atoms with Gasteiger partial charge in [0.05, 0.1) is 22.6 Å². The summed E-state index contributed by atoms with van der Waals surface area (Å²) in [6.07, 6.45) is 0.0429. The number of thiazole rings is 1. The van der Waals surface area contributed by atoms with Crippen LogP contribution >= 0.6 is 22.7 Å². The van der Waals surface area contributed by atoms with Crippen LogP contribution in [0.2, 0.25) is 0 Å². The molecule has 1 aromatic carbocycles. The summed E-state index contributed by atoms with van der Waals surface area (Å²) in [6, 6.07) is 8.17. The van der Waals surface area contributed by atoms with Gasteiger partial charge in [-0.15, -0.1) is 11.3 Å². The lowest BCUT2D eigenvalue weighted by Crippen LogP contribution is -2.09. The number of nitro benzene ring substituents is 1. The maximum atomic E-state index is 11.9. The van der Waals surface area contributed by atoms with Crippen LogP contribution < -0.4 is 0 Å². The molecular formula is C16H12N2O4S2. The second kappa shape index (κ2) is 7.33. The number of esters is 1. The third-order valence-corrected chi connectivity index (χ3v) is 4.85. The number of benzene rings is 1. The minimum absolute atomic E-state index is 0.0429. The number of para-hydroxylation sites is 1. The molecule has 2 aromatic heterocycles. The monoisotopic (exact) mass is 360 g/mol. The molecule has 0 fully saturated rings. The van der Waals surface area contributed by atoms with Gasteiger partial charge in [0, 0.05) is 22.4 Å². The molecule has 0 spiro atoms. The summed E-state index contributed by atoms with van der Waals surface area (Å²) in [5.74, 6) is -0.463. The number of aromatic nitrogens is 1. The third kappa shape index (κ3) is 3.84. The predicted octanol–water partition coefficient (Wildman–Crippen LogP) is 4.07. The molecule has 0 aliphatic rings. The first kappa shape index (κ1) is 16.3. The first-order valence-electron chi connectivity index (χ1n) is 6.98. The highest BCUT2D eigenvalue weighted by atomic mass is 32.1. The Hall–Kier alpha value is -2.58. The summed E-state index contributed by atoms with van der Waals surface area (Å²) in [4.78, 5) is 26.8. The van der Waals surface area contributed by atoms with Crippen molar-refractivity contribution in [3.05, 3.63) is 67.8 Å². The summed E-state index contributed by atoms with van der Waals surface area (Å²) in [7, 11) is 0. The summed E-state index contributed by atoms with van der Waals surface area (Å²) >= 11 is 3.06. The summed E-state index contributed by atoms with van der Waals surface area (Å²) < 4.78 is 5.15. The standard InChI is InChI=1S/C16H12N2O4S2/c19-15(22-8-11-3-1-2-4-14(11)18(20)21)7-13-10-24-16(17-13)12-5-6-23-9-12/h1-6,9-10H,7-8H2. The molecule has 0 aliphatic heterocycles. The molecule has 0 N–H and O–H groups in total. The molecule has 0 bridgehead atoms. The summed E-state index contributed by atoms with van der Waals surface area (Å²) in [5.41, 5.74) is 1.98. The predicted molar refractivity (Wildman–Crippen MR) is 92.0 cm³/mol. The summed E-state index contributed by atoms with van der Waals surface area (Å²) in [6.45, 7) is -0.127. The Labute approximate surface area is 145 Å². The van der Waals surface area contributed by atoms with E-state index < -0.39 is 10.9 Å². The highest BCUT2D eigenvalue weighted by molar-refractivity contribution is 7.14. The number of ether oxygens (including phenoxy) is 1. The molecule has 0 unspecified atom stereocenters. The van der Waals surface area contributed by atoms with E-state index in [1.807, 2.05) is 22.2 Å². The minimum atomic E-state index is -0.489. The normalized spacial score (nSPS) is 10.5. The van der Waals surface area contributed by atoms with Crippen LogP contribution in [0.4, 0.5) is 5.69 Å². The van der Waals surface area contributed by atoms with Crippen molar-refractivity contribution in [2.24, 2.45) is 0 Å². The summed E-state index contributed by atoms with van der Waals surface area (Å²) in [5, 5.41) is 17.6. The van der Waals surface area contributed by atoms with Crippen LogP contribution in [0.1, 0.15) is 11.3 Å². The van der Waals surface area contributed by atoms with E-state index in [1.54, 1.807) is 29.5 Å². The second-order valence-corrected chi connectivity index (χ2v) is 6.52. The van der Waals surface area contributed by atoms with Crippen molar-refractivity contribution in [2.75, 3.05) is 0 Å². The Balaban J connectivity index is 1.60. The zero-order chi connectivity index (χ0) is 16.9. The molecule has 0 saturated heterocycles. The maximum absolute atomic E-state index is 11.9. The molecule has 0 amide bonds. The molecule has 8 heteroatoms. The van der Waals surface area contributed by atoms with E-state index in [0.717, 1.165) is 10.6 Å². The van der Waals surface area contributed by atoms with Crippen LogP contribution in [0.25, 0.3) is 10.6 Å². The Morgan fingerprint density at radius 1 is 1.25 bits per heavy atom. The smallest absolute Gasteiger partial charge is 0.312 e. The second-order valence-electron chi connectivity index (χ2n) is 4.88. The largest absolute Gasteiger partial charge is 0.460 e. The average molecular weight is 360 g/mol. The quantitative estimate of drug-likeness (QED) is 0.376. The highest BCUT2D eigenvalue weighted by Crippen LogP contribution is 2.26. The Bertz CT molecular complexity index is 859. The zero-order valence-corrected chi connectivity index (χ0v) is 14.0. The van der Waals surface area contributed by atoms with Crippen LogP contribution in [-0.4, -0.2) is 15.9 Å². The van der Waals surface area contributed by atoms with Gasteiger partial charge in [-0.3, -0.25) is 14.9 Å². The van der Waals surface area contributed by atoms with Gasteiger partial charge in [0.25, 0.3) is 5.69 Å². The molecule has 24 heavy (non-hydrogen) atoms. The SMILES string of the molecule is O=C(Cc1csc(-c2ccsc2)n1)OCc1ccccc1[N+](=O)[O-]. The van der Waals surface area contributed by atoms with Gasteiger partial charge in [0.2, 0.25) is 0 Å². The van der Waals surface area contributed by atoms with Crippen LogP contribution in [0.5, 0.6) is 0 Å². The Morgan fingerprint density at radius 3 is 2.83 bits per heavy atom. The molecule has 3 rings (SSSR count). The molecular weight excluding hydrogens is 348 g/mol. The number of carbonyl (C=O) groups is 1. The number of carbonyl (C=O) groups excluding carboxylic acids is 1. The third-order valence-electron chi connectivity index (χ3n) is 3.22. The molecule has 122 valence electrons. The van der Waals surface area contributed by atoms with Crippen molar-refractivity contribution in [1.29, 1.82) is 0 Å². The van der Waals surface area contributed by atoms with E-state index in [2.05, 4.69) is 4.98 Å². The number of hydrogen-bond acceptors (Lipinski definition) is 7. The van der Waals surface area contributed by atoms with Crippen LogP contribution in [0, 0.1) is 10.1 Å². The molecule has 0 atom stereocenters. The number of thiophene rings is 1. The first-order chi connectivity index (χ1) is 11.6. The number of nitrogens with zero attached hydrogens (tertiary/aromatic N) is 2. The van der Waals surface area contributed by atoms with Crippen molar-refractivity contribution in [3.63, 3.8) is 0 Å². The van der Waals surface area contributed by atoms with Crippen LogP contribution in [0.3, 0.4) is 0 Å².